The van der Waals surface area contributed by atoms with E-state index in [0.29, 0.717) is 6.42 Å². The molecule has 376 valence electrons. The summed E-state index contributed by atoms with van der Waals surface area (Å²) < 4.78 is 28.9. The lowest BCUT2D eigenvalue weighted by Crippen LogP contribution is -2.59. The number of aromatic hydroxyl groups is 1. The summed E-state index contributed by atoms with van der Waals surface area (Å²) in [7, 11) is -3.37. The second-order valence-electron chi connectivity index (χ2n) is 18.3. The SMILES string of the molecule is COc1cccc2c1C(=O)c1cc3c(c(O)c1C2=O)CC(O)(C(=O)CO)CC3OC1CC(NC(=O)C2CCCN2C(=O)CNC(=O)C(CC(C)C)NC(=O)C(C)NC(=O)CP(=O)(O)O)C(O)C(C)O1. The first-order valence-corrected chi connectivity index (χ1v) is 24.2. The molecule has 2 aromatic carbocycles. The summed E-state index contributed by atoms with van der Waals surface area (Å²) in [4.78, 5) is 126. The van der Waals surface area contributed by atoms with E-state index in [1.165, 1.54) is 50.1 Å². The van der Waals surface area contributed by atoms with Gasteiger partial charge in [-0.25, -0.2) is 0 Å². The van der Waals surface area contributed by atoms with Crippen molar-refractivity contribution in [2.24, 2.45) is 5.92 Å². The average molecular weight is 988 g/mol. The molecular formula is C45H58N5O18P. The number of fused-ring (bicyclic) bond motifs is 3. The molecule has 2 heterocycles. The highest BCUT2D eigenvalue weighted by Crippen LogP contribution is 2.48. The van der Waals surface area contributed by atoms with E-state index < -0.39 is 147 Å². The molecular weight excluding hydrogens is 929 g/mol. The molecule has 9 unspecified atom stereocenters. The highest BCUT2D eigenvalue weighted by atomic mass is 31.2. The molecule has 2 aliphatic carbocycles. The van der Waals surface area contributed by atoms with Gasteiger partial charge >= 0.3 is 7.60 Å². The van der Waals surface area contributed by atoms with Crippen LogP contribution in [-0.4, -0.2) is 163 Å². The Morgan fingerprint density at radius 2 is 1.71 bits per heavy atom. The Hall–Kier alpha value is -5.65. The minimum absolute atomic E-state index is 0.0283. The normalized spacial score (nSPS) is 25.1. The zero-order valence-electron chi connectivity index (χ0n) is 38.6. The summed E-state index contributed by atoms with van der Waals surface area (Å²) in [6, 6.07) is 1.21. The molecule has 2 fully saturated rings. The molecule has 0 aromatic heterocycles. The number of methoxy groups -OCH3 is 1. The number of Topliss-reactive ketones (excluding diaryl/α,β-unsaturated/α-hetero) is 1. The maximum absolute atomic E-state index is 14.0. The molecule has 2 aliphatic heterocycles. The van der Waals surface area contributed by atoms with E-state index >= 15 is 0 Å². The van der Waals surface area contributed by atoms with Gasteiger partial charge in [0.1, 0.15) is 54.1 Å². The molecule has 0 bridgehead atoms. The van der Waals surface area contributed by atoms with Crippen molar-refractivity contribution in [3.8, 4) is 11.5 Å². The van der Waals surface area contributed by atoms with Crippen molar-refractivity contribution in [3.05, 3.63) is 57.6 Å². The van der Waals surface area contributed by atoms with Gasteiger partial charge in [0.05, 0.1) is 43.0 Å². The molecule has 24 heteroatoms. The van der Waals surface area contributed by atoms with Crippen LogP contribution in [0.5, 0.6) is 11.5 Å². The van der Waals surface area contributed by atoms with Crippen LogP contribution in [0.25, 0.3) is 0 Å². The second-order valence-corrected chi connectivity index (χ2v) is 19.9. The zero-order valence-corrected chi connectivity index (χ0v) is 39.4. The van der Waals surface area contributed by atoms with Gasteiger partial charge in [0, 0.05) is 42.5 Å². The lowest BCUT2D eigenvalue weighted by Gasteiger charge is -2.43. The average Bonchev–Trinajstić information content (AvgIpc) is 3.78. The molecule has 5 amide bonds. The number of carbonyl (C=O) groups is 8. The maximum atomic E-state index is 14.0. The number of nitrogens with zero attached hydrogens (tertiary/aromatic N) is 1. The van der Waals surface area contributed by atoms with Gasteiger partial charge in [0.25, 0.3) is 0 Å². The fourth-order valence-electron chi connectivity index (χ4n) is 9.28. The summed E-state index contributed by atoms with van der Waals surface area (Å²) in [5.74, 6) is -6.97. The molecule has 2 aromatic rings. The van der Waals surface area contributed by atoms with Crippen molar-refractivity contribution < 1.29 is 87.3 Å². The number of rotatable bonds is 17. The van der Waals surface area contributed by atoms with Crippen LogP contribution < -0.4 is 26.0 Å². The van der Waals surface area contributed by atoms with Gasteiger partial charge < -0.3 is 70.6 Å². The molecule has 4 aliphatic rings. The topological polar surface area (TPSA) is 354 Å². The van der Waals surface area contributed by atoms with Gasteiger partial charge in [-0.3, -0.25) is 42.9 Å². The Kier molecular flexibility index (Phi) is 16.2. The Balaban J connectivity index is 1.14. The lowest BCUT2D eigenvalue weighted by molar-refractivity contribution is -0.249. The Bertz CT molecular complexity index is 2460. The van der Waals surface area contributed by atoms with Crippen molar-refractivity contribution in [1.82, 2.24) is 26.2 Å². The Morgan fingerprint density at radius 3 is 2.36 bits per heavy atom. The number of likely N-dealkylation sites (tertiary alicyclic amines) is 1. The zero-order chi connectivity index (χ0) is 50.9. The van der Waals surface area contributed by atoms with Gasteiger partial charge in [-0.2, -0.15) is 0 Å². The first-order chi connectivity index (χ1) is 32.4. The summed E-state index contributed by atoms with van der Waals surface area (Å²) in [5, 5.41) is 54.3. The van der Waals surface area contributed by atoms with Crippen molar-refractivity contribution in [2.75, 3.05) is 33.0 Å². The molecule has 0 saturated carbocycles. The Morgan fingerprint density at radius 1 is 1.01 bits per heavy atom. The van der Waals surface area contributed by atoms with Gasteiger partial charge in [-0.15, -0.1) is 0 Å². The fourth-order valence-corrected chi connectivity index (χ4v) is 9.74. The number of nitrogens with one attached hydrogen (secondary N) is 4. The number of ether oxygens (including phenoxy) is 3. The van der Waals surface area contributed by atoms with Crippen LogP contribution in [0.15, 0.2) is 24.3 Å². The molecule has 0 radical (unpaired) electrons. The third kappa shape index (κ3) is 11.5. The van der Waals surface area contributed by atoms with Gasteiger partial charge in [-0.05, 0) is 56.7 Å². The van der Waals surface area contributed by atoms with Crippen molar-refractivity contribution in [1.29, 1.82) is 0 Å². The number of phenols is 1. The number of ketones is 3. The minimum atomic E-state index is -4.70. The number of carbonyl (C=O) groups excluding carboxylic acids is 8. The van der Waals surface area contributed by atoms with Crippen molar-refractivity contribution in [2.45, 2.75) is 121 Å². The number of phenolic OH excluding ortho intramolecular Hbond substituents is 1. The predicted molar refractivity (Wildman–Crippen MR) is 238 cm³/mol. The fraction of sp³-hybridized carbons (Fsp3) is 0.556. The van der Waals surface area contributed by atoms with Crippen LogP contribution in [0.1, 0.15) is 109 Å². The summed E-state index contributed by atoms with van der Waals surface area (Å²) in [6.07, 6.45) is -6.56. The third-order valence-corrected chi connectivity index (χ3v) is 13.4. The molecule has 23 nitrogen and oxygen atoms in total. The van der Waals surface area contributed by atoms with E-state index in [9.17, 15) is 63.3 Å². The number of hydrogen-bond donors (Lipinski definition) is 10. The maximum Gasteiger partial charge on any atom is 0.334 e. The van der Waals surface area contributed by atoms with Crippen molar-refractivity contribution in [3.63, 3.8) is 0 Å². The van der Waals surface area contributed by atoms with Gasteiger partial charge in [0.15, 0.2) is 23.6 Å². The van der Waals surface area contributed by atoms with Crippen molar-refractivity contribution >= 4 is 54.5 Å². The van der Waals surface area contributed by atoms with Gasteiger partial charge in [0.2, 0.25) is 29.5 Å². The third-order valence-electron chi connectivity index (χ3n) is 12.7. The molecule has 10 N–H and O–H groups in total. The summed E-state index contributed by atoms with van der Waals surface area (Å²) >= 11 is 0. The molecule has 69 heavy (non-hydrogen) atoms. The summed E-state index contributed by atoms with van der Waals surface area (Å²) in [6.45, 7) is 4.81. The number of amides is 5. The van der Waals surface area contributed by atoms with E-state index in [1.54, 1.807) is 13.8 Å². The lowest BCUT2D eigenvalue weighted by atomic mass is 9.72. The van der Waals surface area contributed by atoms with E-state index in [2.05, 4.69) is 21.3 Å². The smallest absolute Gasteiger partial charge is 0.334 e. The van der Waals surface area contributed by atoms with Crippen LogP contribution in [0.4, 0.5) is 0 Å². The predicted octanol–water partition coefficient (Wildman–Crippen LogP) is -1.23. The second kappa shape index (κ2) is 21.1. The quantitative estimate of drug-likeness (QED) is 0.0708. The molecule has 6 rings (SSSR count). The molecule has 2 saturated heterocycles. The highest BCUT2D eigenvalue weighted by Gasteiger charge is 2.49. The summed E-state index contributed by atoms with van der Waals surface area (Å²) in [5.41, 5.74) is -2.87. The Labute approximate surface area is 395 Å². The van der Waals surface area contributed by atoms with E-state index in [4.69, 9.17) is 24.0 Å². The minimum Gasteiger partial charge on any atom is -0.507 e. The van der Waals surface area contributed by atoms with Gasteiger partial charge in [-0.1, -0.05) is 26.0 Å². The highest BCUT2D eigenvalue weighted by molar-refractivity contribution is 7.52. The van der Waals surface area contributed by atoms with Crippen LogP contribution in [0, 0.1) is 5.92 Å². The van der Waals surface area contributed by atoms with E-state index in [1.807, 2.05) is 0 Å². The standard InChI is InChI=1S/C45H58N5O18P/c1-20(2)12-28(49-42(59)21(3)47-33(53)19-69(63,64)65)43(60)46-17-34(54)50-11-7-9-29(50)44(61)48-27-14-35(67-22(4)38(27)55)68-31-16-45(62,32(52)18-51)15-26-24(31)13-25-37(41(26)58)39(56)23-8-6-10-30(66-5)36(23)40(25)57/h6,8,10,13,20-22,27-29,31,35,38,51,55,58,62H,7,9,11-12,14-19H2,1-5H3,(H,46,60)(H,47,53)(H,48,61)(H,49,59)(H2,63,64,65). The number of benzene rings is 2. The largest absolute Gasteiger partial charge is 0.507 e. The monoisotopic (exact) mass is 987 g/mol. The first-order valence-electron chi connectivity index (χ1n) is 22.4. The van der Waals surface area contributed by atoms with Crippen LogP contribution in [-0.2, 0) is 49.2 Å². The molecule has 9 atom stereocenters. The van der Waals surface area contributed by atoms with E-state index in [0.717, 1.165) is 0 Å². The number of hydrogen-bond acceptors (Lipinski definition) is 16. The van der Waals surface area contributed by atoms with Crippen LogP contribution in [0.3, 0.4) is 0 Å². The van der Waals surface area contributed by atoms with E-state index in [-0.39, 0.29) is 70.9 Å². The number of aliphatic hydroxyl groups is 3. The molecule has 0 spiro atoms. The first kappa shape index (κ1) is 52.7. The van der Waals surface area contributed by atoms with Crippen LogP contribution >= 0.6 is 7.60 Å². The van der Waals surface area contributed by atoms with Crippen LogP contribution in [0.2, 0.25) is 0 Å². The number of aliphatic hydroxyl groups excluding tert-OH is 2.